The Kier molecular flexibility index (Phi) is 4.35. The van der Waals surface area contributed by atoms with E-state index < -0.39 is 40.7 Å². The smallest absolute Gasteiger partial charge is 0.408 e. The normalized spacial score (nSPS) is 15.1. The average molecular weight is 389 g/mol. The van der Waals surface area contributed by atoms with E-state index in [4.69, 9.17) is 0 Å². The number of aromatic hydroxyl groups is 1. The van der Waals surface area contributed by atoms with Gasteiger partial charge in [0.2, 0.25) is 11.0 Å². The fourth-order valence-electron chi connectivity index (χ4n) is 2.00. The Balaban J connectivity index is 2.28. The van der Waals surface area contributed by atoms with Gasteiger partial charge in [-0.3, -0.25) is 9.19 Å². The molecule has 0 radical (unpaired) electrons. The molecule has 1 unspecified atom stereocenters. The van der Waals surface area contributed by atoms with Gasteiger partial charge in [-0.15, -0.1) is 0 Å². The molecule has 1 atom stereocenters. The largest absolute Gasteiger partial charge is 0.493 e. The molecule has 3 aromatic heterocycles. The third-order valence-corrected chi connectivity index (χ3v) is 3.75. The summed E-state index contributed by atoms with van der Waals surface area (Å²) in [6.45, 7) is -1.50. The van der Waals surface area contributed by atoms with Gasteiger partial charge in [-0.25, -0.2) is 9.79 Å². The van der Waals surface area contributed by atoms with Crippen molar-refractivity contribution in [1.82, 2.24) is 29.5 Å². The summed E-state index contributed by atoms with van der Waals surface area (Å²) in [4.78, 5) is 26.7. The molecule has 26 heavy (non-hydrogen) atoms. The van der Waals surface area contributed by atoms with E-state index in [1.54, 1.807) is 0 Å². The van der Waals surface area contributed by atoms with Gasteiger partial charge >= 0.3 is 11.9 Å². The van der Waals surface area contributed by atoms with Crippen LogP contribution in [0.1, 0.15) is 5.69 Å². The van der Waals surface area contributed by atoms with Gasteiger partial charge in [0.05, 0.1) is 17.0 Å². The number of H-pyrrole nitrogens is 2. The maximum atomic E-state index is 12.4. The van der Waals surface area contributed by atoms with Crippen LogP contribution in [0.3, 0.4) is 0 Å². The summed E-state index contributed by atoms with van der Waals surface area (Å²) < 4.78 is 49.9. The summed E-state index contributed by atoms with van der Waals surface area (Å²) in [5.74, 6) is -0.440. The average Bonchev–Trinajstić information content (AvgIpc) is 3.07. The number of alkyl halides is 3. The summed E-state index contributed by atoms with van der Waals surface area (Å²) in [5.41, 5.74) is -1.07. The van der Waals surface area contributed by atoms with Gasteiger partial charge in [-0.2, -0.15) is 32.8 Å². The Morgan fingerprint density at radius 1 is 1.38 bits per heavy atom. The molecule has 3 N–H and O–H groups in total. The molecule has 10 nitrogen and oxygen atoms in total. The van der Waals surface area contributed by atoms with Gasteiger partial charge in [0.25, 0.3) is 5.62 Å². The second-order valence-electron chi connectivity index (χ2n) is 5.01. The molecule has 0 aliphatic heterocycles. The molecule has 0 aromatic carbocycles. The molecule has 0 bridgehead atoms. The number of nitrogens with zero attached hydrogens (tertiary/aromatic N) is 5. The first-order valence-corrected chi connectivity index (χ1v) is 8.39. The third-order valence-electron chi connectivity index (χ3n) is 3.05. The van der Waals surface area contributed by atoms with Crippen LogP contribution < -0.4 is 16.5 Å². The topological polar surface area (TPSA) is 141 Å². The van der Waals surface area contributed by atoms with Gasteiger partial charge < -0.3 is 10.1 Å². The number of halogens is 3. The van der Waals surface area contributed by atoms with E-state index in [-0.39, 0.29) is 21.7 Å². The number of fused-ring (bicyclic) bond motifs is 1. The highest BCUT2D eigenvalue weighted by atomic mass is 32.2. The molecule has 0 aliphatic rings. The van der Waals surface area contributed by atoms with Crippen LogP contribution in [0.25, 0.3) is 11.7 Å². The predicted molar refractivity (Wildman–Crippen MR) is 81.5 cm³/mol. The molecule has 0 fully saturated rings. The number of hydrogen-bond acceptors (Lipinski definition) is 7. The third kappa shape index (κ3) is 3.63. The summed E-state index contributed by atoms with van der Waals surface area (Å²) in [5, 5.41) is 13.5. The van der Waals surface area contributed by atoms with Crippen LogP contribution in [0, 0.1) is 0 Å². The molecule has 0 aliphatic carbocycles. The predicted octanol–water partition coefficient (Wildman–Crippen LogP) is -1.41. The Hall–Kier alpha value is -3.03. The van der Waals surface area contributed by atoms with Crippen molar-refractivity contribution in [2.45, 2.75) is 11.3 Å². The van der Waals surface area contributed by atoms with E-state index in [2.05, 4.69) is 30.0 Å². The fourth-order valence-corrected chi connectivity index (χ4v) is 2.43. The summed E-state index contributed by atoms with van der Waals surface area (Å²) in [6.07, 6.45) is -0.780. The lowest BCUT2D eigenvalue weighted by Gasteiger charge is -2.01. The highest BCUT2D eigenvalue weighted by Gasteiger charge is 2.26. The van der Waals surface area contributed by atoms with Gasteiger partial charge in [-0.1, -0.05) is 0 Å². The Morgan fingerprint density at radius 3 is 2.69 bits per heavy atom. The molecule has 0 saturated heterocycles. The minimum atomic E-state index is -4.55. The van der Waals surface area contributed by atoms with Crippen molar-refractivity contribution in [3.8, 4) is 5.88 Å². The highest BCUT2D eigenvalue weighted by Crippen LogP contribution is 2.13. The van der Waals surface area contributed by atoms with Crippen molar-refractivity contribution in [1.29, 1.82) is 0 Å². The van der Waals surface area contributed by atoms with E-state index in [1.165, 1.54) is 18.5 Å². The first-order chi connectivity index (χ1) is 12.1. The molecule has 138 valence electrons. The minimum absolute atomic E-state index is 0.00701. The van der Waals surface area contributed by atoms with E-state index in [9.17, 15) is 27.3 Å². The van der Waals surface area contributed by atoms with Crippen molar-refractivity contribution in [2.75, 3.05) is 12.8 Å². The zero-order valence-electron chi connectivity index (χ0n) is 12.9. The van der Waals surface area contributed by atoms with E-state index in [1.807, 2.05) is 0 Å². The van der Waals surface area contributed by atoms with Gasteiger partial charge in [0.1, 0.15) is 12.2 Å². The summed E-state index contributed by atoms with van der Waals surface area (Å²) in [7, 11) is -1.69. The van der Waals surface area contributed by atoms with Gasteiger partial charge in [0, 0.05) is 11.5 Å². The van der Waals surface area contributed by atoms with Gasteiger partial charge in [-0.05, 0) is 6.08 Å². The van der Waals surface area contributed by atoms with Crippen LogP contribution in [-0.4, -0.2) is 57.8 Å². The van der Waals surface area contributed by atoms with Crippen molar-refractivity contribution in [3.05, 3.63) is 33.2 Å². The van der Waals surface area contributed by atoms with Crippen LogP contribution in [0.2, 0.25) is 0 Å². The standard InChI is InChI=1S/C12H10F3N7O3S/c1-26(25)11-19-7-5(2-6-8(23)20-10(24)18-6)3-17-22(7)9(21-11)16-4-12(13,14)15/h2-3,23H,4H2,1H3,(H2,18,20,24)/b5-2-,16-9?. The van der Waals surface area contributed by atoms with Crippen LogP contribution >= 0.6 is 0 Å². The van der Waals surface area contributed by atoms with Crippen molar-refractivity contribution < 1.29 is 22.5 Å². The number of hydrogen-bond donors (Lipinski definition) is 3. The van der Waals surface area contributed by atoms with Crippen LogP contribution in [0.5, 0.6) is 5.88 Å². The van der Waals surface area contributed by atoms with E-state index >= 15 is 0 Å². The van der Waals surface area contributed by atoms with Crippen molar-refractivity contribution >= 4 is 22.5 Å². The lowest BCUT2D eigenvalue weighted by Crippen LogP contribution is -2.27. The van der Waals surface area contributed by atoms with Crippen LogP contribution in [-0.2, 0) is 10.8 Å². The van der Waals surface area contributed by atoms with Gasteiger partial charge in [0.15, 0.2) is 5.65 Å². The first kappa shape index (κ1) is 17.8. The SMILES string of the molecule is CS(=O)c1nc(=NCC(F)(F)F)n2nc/c(=C/c3[nH]c(=O)[nH]c3O)c2n1. The molecular weight excluding hydrogens is 379 g/mol. The number of aromatic nitrogens is 6. The number of nitrogens with one attached hydrogen (secondary N) is 2. The van der Waals surface area contributed by atoms with Crippen LogP contribution in [0.15, 0.2) is 21.1 Å². The molecular formula is C12H10F3N7O3S. The summed E-state index contributed by atoms with van der Waals surface area (Å²) in [6, 6.07) is 0. The summed E-state index contributed by atoms with van der Waals surface area (Å²) >= 11 is 0. The maximum absolute atomic E-state index is 12.4. The molecule has 3 heterocycles. The molecule has 0 amide bonds. The highest BCUT2D eigenvalue weighted by molar-refractivity contribution is 7.84. The number of imidazole rings is 1. The molecule has 3 rings (SSSR count). The lowest BCUT2D eigenvalue weighted by atomic mass is 10.3. The van der Waals surface area contributed by atoms with Crippen LogP contribution in [0.4, 0.5) is 13.2 Å². The quantitative estimate of drug-likeness (QED) is 0.503. The second-order valence-corrected chi connectivity index (χ2v) is 6.29. The molecule has 3 aromatic rings. The first-order valence-electron chi connectivity index (χ1n) is 6.83. The van der Waals surface area contributed by atoms with Crippen molar-refractivity contribution in [3.63, 3.8) is 0 Å². The van der Waals surface area contributed by atoms with Crippen molar-refractivity contribution in [2.24, 2.45) is 4.99 Å². The minimum Gasteiger partial charge on any atom is -0.493 e. The maximum Gasteiger partial charge on any atom is 0.408 e. The van der Waals surface area contributed by atoms with E-state index in [0.717, 1.165) is 4.52 Å². The molecule has 0 saturated carbocycles. The number of aromatic amines is 2. The zero-order chi connectivity index (χ0) is 19.1. The monoisotopic (exact) mass is 389 g/mol. The number of rotatable bonds is 3. The molecule has 0 spiro atoms. The Morgan fingerprint density at radius 2 is 2.12 bits per heavy atom. The van der Waals surface area contributed by atoms with E-state index in [0.29, 0.717) is 0 Å². The zero-order valence-corrected chi connectivity index (χ0v) is 13.7. The fraction of sp³-hybridized carbons (Fsp3) is 0.250. The molecule has 14 heteroatoms. The Labute approximate surface area is 143 Å². The lowest BCUT2D eigenvalue weighted by molar-refractivity contribution is -0.118. The Bertz CT molecular complexity index is 1180. The second kappa shape index (κ2) is 6.36.